The molecule has 0 aliphatic carbocycles. The fourth-order valence-electron chi connectivity index (χ4n) is 3.46. The largest absolute Gasteiger partial charge is 0.354 e. The molecule has 2 aromatic heterocycles. The first-order valence-corrected chi connectivity index (χ1v) is 8.25. The van der Waals surface area contributed by atoms with Gasteiger partial charge in [-0.2, -0.15) is 0 Å². The van der Waals surface area contributed by atoms with Gasteiger partial charge in [-0.05, 0) is 12.1 Å². The molecule has 2 aliphatic heterocycles. The minimum absolute atomic E-state index is 0.692. The third-order valence-electron chi connectivity index (χ3n) is 4.78. The molecule has 0 spiro atoms. The molecule has 0 aromatic carbocycles. The second-order valence-corrected chi connectivity index (χ2v) is 6.44. The summed E-state index contributed by atoms with van der Waals surface area (Å²) in [6.45, 7) is 7.58. The van der Waals surface area contributed by atoms with Gasteiger partial charge in [-0.3, -0.25) is 14.5 Å². The Bertz CT molecular complexity index is 627. The molecule has 4 heterocycles. The van der Waals surface area contributed by atoms with Crippen molar-refractivity contribution in [2.45, 2.75) is 12.6 Å². The normalized spacial score (nSPS) is 20.7. The van der Waals surface area contributed by atoms with Crippen LogP contribution < -0.4 is 4.90 Å². The Morgan fingerprint density at radius 1 is 1.13 bits per heavy atom. The molecule has 0 amide bonds. The number of pyridine rings is 1. The van der Waals surface area contributed by atoms with E-state index < -0.39 is 0 Å². The quantitative estimate of drug-likeness (QED) is 0.805. The van der Waals surface area contributed by atoms with E-state index in [4.69, 9.17) is 0 Å². The Balaban J connectivity index is 1.23. The number of anilines is 1. The molecule has 4 rings (SSSR count). The van der Waals surface area contributed by atoms with Gasteiger partial charge >= 0.3 is 0 Å². The zero-order chi connectivity index (χ0) is 15.6. The minimum Gasteiger partial charge on any atom is -0.354 e. The van der Waals surface area contributed by atoms with Crippen molar-refractivity contribution in [1.82, 2.24) is 29.8 Å². The van der Waals surface area contributed by atoms with Gasteiger partial charge in [0.05, 0.1) is 5.69 Å². The van der Waals surface area contributed by atoms with Crippen molar-refractivity contribution in [2.24, 2.45) is 7.05 Å². The molecule has 2 saturated heterocycles. The molecule has 2 aliphatic rings. The molecule has 0 atom stereocenters. The van der Waals surface area contributed by atoms with Gasteiger partial charge < -0.3 is 4.90 Å². The summed E-state index contributed by atoms with van der Waals surface area (Å²) < 4.78 is 1.77. The molecule has 7 nitrogen and oxygen atoms in total. The van der Waals surface area contributed by atoms with Gasteiger partial charge in [-0.1, -0.05) is 11.3 Å². The van der Waals surface area contributed by atoms with Crippen LogP contribution in [0.25, 0.3) is 0 Å². The molecule has 7 heteroatoms. The van der Waals surface area contributed by atoms with E-state index in [9.17, 15) is 0 Å². The lowest BCUT2D eigenvalue weighted by molar-refractivity contribution is 0.0248. The van der Waals surface area contributed by atoms with Crippen LogP contribution in [0.4, 0.5) is 5.82 Å². The van der Waals surface area contributed by atoms with Crippen LogP contribution in [0.1, 0.15) is 5.69 Å². The number of likely N-dealkylation sites (tertiary alicyclic amines) is 1. The van der Waals surface area contributed by atoms with Gasteiger partial charge in [-0.15, -0.1) is 5.10 Å². The lowest BCUT2D eigenvalue weighted by Crippen LogP contribution is -2.62. The number of aromatic nitrogens is 4. The maximum absolute atomic E-state index is 4.45. The highest BCUT2D eigenvalue weighted by atomic mass is 15.4. The van der Waals surface area contributed by atoms with E-state index in [1.54, 1.807) is 4.68 Å². The van der Waals surface area contributed by atoms with Crippen molar-refractivity contribution < 1.29 is 0 Å². The number of hydrogen-bond donors (Lipinski definition) is 0. The molecular formula is C16H23N7. The lowest BCUT2D eigenvalue weighted by atomic mass is 10.1. The topological polar surface area (TPSA) is 53.3 Å². The van der Waals surface area contributed by atoms with E-state index in [-0.39, 0.29) is 0 Å². The summed E-state index contributed by atoms with van der Waals surface area (Å²) >= 11 is 0. The summed E-state index contributed by atoms with van der Waals surface area (Å²) in [6, 6.07) is 6.82. The van der Waals surface area contributed by atoms with Crippen LogP contribution in [0.15, 0.2) is 30.6 Å². The van der Waals surface area contributed by atoms with Crippen LogP contribution in [0.3, 0.4) is 0 Å². The second-order valence-electron chi connectivity index (χ2n) is 6.44. The second kappa shape index (κ2) is 6.25. The van der Waals surface area contributed by atoms with Crippen molar-refractivity contribution in [3.63, 3.8) is 0 Å². The van der Waals surface area contributed by atoms with Gasteiger partial charge in [0, 0.05) is 71.3 Å². The Morgan fingerprint density at radius 3 is 2.61 bits per heavy atom. The molecule has 0 unspecified atom stereocenters. The maximum Gasteiger partial charge on any atom is 0.128 e. The first-order valence-electron chi connectivity index (χ1n) is 8.25. The molecule has 0 radical (unpaired) electrons. The predicted molar refractivity (Wildman–Crippen MR) is 88.1 cm³/mol. The van der Waals surface area contributed by atoms with Gasteiger partial charge in [0.2, 0.25) is 0 Å². The fraction of sp³-hybridized carbons (Fsp3) is 0.562. The van der Waals surface area contributed by atoms with Crippen LogP contribution in [0, 0.1) is 0 Å². The fourth-order valence-corrected chi connectivity index (χ4v) is 3.46. The van der Waals surface area contributed by atoms with E-state index in [2.05, 4.69) is 42.1 Å². The smallest absolute Gasteiger partial charge is 0.128 e. The highest BCUT2D eigenvalue weighted by Crippen LogP contribution is 2.20. The SMILES string of the molecule is Cn1cc(CN2CC(N3CCN(c4ccccn4)CC3)C2)nn1. The van der Waals surface area contributed by atoms with Gasteiger partial charge in [-0.25, -0.2) is 4.98 Å². The number of hydrogen-bond acceptors (Lipinski definition) is 6. The summed E-state index contributed by atoms with van der Waals surface area (Å²) in [5.74, 6) is 1.10. The third kappa shape index (κ3) is 3.20. The molecule has 0 bridgehead atoms. The molecule has 2 aromatic rings. The highest BCUT2D eigenvalue weighted by molar-refractivity contribution is 5.38. The van der Waals surface area contributed by atoms with Crippen LogP contribution in [-0.2, 0) is 13.6 Å². The van der Waals surface area contributed by atoms with E-state index in [1.807, 2.05) is 25.5 Å². The Labute approximate surface area is 136 Å². The Hall–Kier alpha value is -1.99. The molecular weight excluding hydrogens is 290 g/mol. The molecule has 0 saturated carbocycles. The van der Waals surface area contributed by atoms with Crippen molar-refractivity contribution in [2.75, 3.05) is 44.2 Å². The summed E-state index contributed by atoms with van der Waals surface area (Å²) in [5.41, 5.74) is 1.06. The Kier molecular flexibility index (Phi) is 3.97. The number of rotatable bonds is 4. The third-order valence-corrected chi connectivity index (χ3v) is 4.78. The van der Waals surface area contributed by atoms with E-state index in [0.29, 0.717) is 6.04 Å². The first kappa shape index (κ1) is 14.6. The average Bonchev–Trinajstić information content (AvgIpc) is 2.97. The molecule has 122 valence electrons. The first-order chi connectivity index (χ1) is 11.3. The Morgan fingerprint density at radius 2 is 1.96 bits per heavy atom. The summed E-state index contributed by atoms with van der Waals surface area (Å²) in [4.78, 5) is 11.9. The van der Waals surface area contributed by atoms with Gasteiger partial charge in [0.25, 0.3) is 0 Å². The molecule has 2 fully saturated rings. The van der Waals surface area contributed by atoms with E-state index in [0.717, 1.165) is 57.3 Å². The van der Waals surface area contributed by atoms with E-state index in [1.165, 1.54) is 0 Å². The monoisotopic (exact) mass is 313 g/mol. The van der Waals surface area contributed by atoms with Crippen molar-refractivity contribution in [1.29, 1.82) is 0 Å². The van der Waals surface area contributed by atoms with Crippen molar-refractivity contribution in [3.8, 4) is 0 Å². The number of aryl methyl sites for hydroxylation is 1. The van der Waals surface area contributed by atoms with Gasteiger partial charge in [0.15, 0.2) is 0 Å². The molecule has 23 heavy (non-hydrogen) atoms. The number of piperazine rings is 1. The number of nitrogens with zero attached hydrogens (tertiary/aromatic N) is 7. The zero-order valence-corrected chi connectivity index (χ0v) is 13.5. The van der Waals surface area contributed by atoms with Crippen LogP contribution in [0.5, 0.6) is 0 Å². The average molecular weight is 313 g/mol. The van der Waals surface area contributed by atoms with Crippen LogP contribution in [-0.4, -0.2) is 75.1 Å². The van der Waals surface area contributed by atoms with Crippen LogP contribution in [0.2, 0.25) is 0 Å². The zero-order valence-electron chi connectivity index (χ0n) is 13.5. The minimum atomic E-state index is 0.692. The molecule has 0 N–H and O–H groups in total. The maximum atomic E-state index is 4.45. The standard InChI is InChI=1S/C16H23N7/c1-20-10-14(18-19-20)11-21-12-15(13-21)22-6-8-23(9-7-22)16-4-2-3-5-17-16/h2-5,10,15H,6-9,11-13H2,1H3. The highest BCUT2D eigenvalue weighted by Gasteiger charge is 2.33. The van der Waals surface area contributed by atoms with Crippen LogP contribution >= 0.6 is 0 Å². The summed E-state index contributed by atoms with van der Waals surface area (Å²) in [6.07, 6.45) is 3.87. The summed E-state index contributed by atoms with van der Waals surface area (Å²) in [7, 11) is 1.91. The van der Waals surface area contributed by atoms with Gasteiger partial charge in [0.1, 0.15) is 5.82 Å². The summed E-state index contributed by atoms with van der Waals surface area (Å²) in [5, 5.41) is 8.15. The lowest BCUT2D eigenvalue weighted by Gasteiger charge is -2.48. The van der Waals surface area contributed by atoms with Crippen molar-refractivity contribution in [3.05, 3.63) is 36.3 Å². The van der Waals surface area contributed by atoms with Crippen molar-refractivity contribution >= 4 is 5.82 Å². The predicted octanol–water partition coefficient (Wildman–Crippen LogP) is 0.217. The van der Waals surface area contributed by atoms with E-state index >= 15 is 0 Å².